The zero-order chi connectivity index (χ0) is 17.3. The zero-order valence-electron chi connectivity index (χ0n) is 12.6. The first-order valence-corrected chi connectivity index (χ1v) is 7.15. The van der Waals surface area contributed by atoms with Gasteiger partial charge in [-0.15, -0.1) is 0 Å². The number of aromatic carboxylic acids is 1. The molecule has 0 fully saturated rings. The van der Waals surface area contributed by atoms with E-state index in [-0.39, 0.29) is 5.69 Å². The van der Waals surface area contributed by atoms with Crippen LogP contribution in [-0.2, 0) is 6.54 Å². The molecule has 0 aliphatic rings. The average molecular weight is 319 g/mol. The Morgan fingerprint density at radius 1 is 1.12 bits per heavy atom. The maximum Gasteiger partial charge on any atom is 0.352 e. The Morgan fingerprint density at radius 2 is 1.83 bits per heavy atom. The minimum Gasteiger partial charge on any atom is -0.477 e. The second-order valence-electron chi connectivity index (χ2n) is 5.37. The molecule has 118 valence electrons. The van der Waals surface area contributed by atoms with Crippen molar-refractivity contribution in [2.45, 2.75) is 6.54 Å². The first-order chi connectivity index (χ1) is 11.5. The molecule has 1 amide bonds. The van der Waals surface area contributed by atoms with Crippen LogP contribution >= 0.6 is 0 Å². The minimum atomic E-state index is -1.04. The van der Waals surface area contributed by atoms with Crippen LogP contribution in [0.15, 0.2) is 48.5 Å². The molecule has 1 aromatic heterocycles. The highest BCUT2D eigenvalue weighted by molar-refractivity contribution is 5.95. The molecule has 6 heteroatoms. The van der Waals surface area contributed by atoms with Crippen molar-refractivity contribution < 1.29 is 14.7 Å². The molecule has 1 heterocycles. The third-order valence-electron chi connectivity index (χ3n) is 3.83. The maximum absolute atomic E-state index is 11.5. The summed E-state index contributed by atoms with van der Waals surface area (Å²) in [6.07, 6.45) is 0. The number of primary amides is 1. The van der Waals surface area contributed by atoms with E-state index in [0.29, 0.717) is 23.2 Å². The van der Waals surface area contributed by atoms with Gasteiger partial charge in [-0.3, -0.25) is 4.79 Å². The fourth-order valence-corrected chi connectivity index (χ4v) is 2.63. The number of rotatable bonds is 4. The number of hydrogen-bond donors (Lipinski definition) is 2. The number of benzene rings is 2. The van der Waals surface area contributed by atoms with Crippen molar-refractivity contribution in [3.63, 3.8) is 0 Å². The second-order valence-corrected chi connectivity index (χ2v) is 5.37. The Kier molecular flexibility index (Phi) is 3.76. The van der Waals surface area contributed by atoms with Crippen LogP contribution in [0.4, 0.5) is 0 Å². The van der Waals surface area contributed by atoms with Gasteiger partial charge in [-0.1, -0.05) is 18.2 Å². The summed E-state index contributed by atoms with van der Waals surface area (Å²) >= 11 is 0. The van der Waals surface area contributed by atoms with Gasteiger partial charge in [0.05, 0.1) is 17.1 Å². The van der Waals surface area contributed by atoms with Crippen molar-refractivity contribution in [1.29, 1.82) is 5.26 Å². The van der Waals surface area contributed by atoms with Crippen LogP contribution in [0.1, 0.15) is 32.0 Å². The highest BCUT2D eigenvalue weighted by Crippen LogP contribution is 2.23. The summed E-state index contributed by atoms with van der Waals surface area (Å²) in [6.45, 7) is 0.305. The van der Waals surface area contributed by atoms with Crippen molar-refractivity contribution in [3.8, 4) is 6.07 Å². The molecule has 0 unspecified atom stereocenters. The number of nitrogens with zero attached hydrogens (tertiary/aromatic N) is 2. The van der Waals surface area contributed by atoms with Crippen LogP contribution in [0.2, 0.25) is 0 Å². The Morgan fingerprint density at radius 3 is 2.42 bits per heavy atom. The predicted octanol–water partition coefficient (Wildman–Crippen LogP) is 2.36. The van der Waals surface area contributed by atoms with Crippen LogP contribution in [-0.4, -0.2) is 21.6 Å². The summed E-state index contributed by atoms with van der Waals surface area (Å²) in [4.78, 5) is 22.7. The van der Waals surface area contributed by atoms with Gasteiger partial charge in [0.25, 0.3) is 0 Å². The Labute approximate surface area is 137 Å². The lowest BCUT2D eigenvalue weighted by Crippen LogP contribution is -2.12. The summed E-state index contributed by atoms with van der Waals surface area (Å²) < 4.78 is 1.64. The van der Waals surface area contributed by atoms with Gasteiger partial charge in [0.15, 0.2) is 0 Å². The normalized spacial score (nSPS) is 10.5. The fraction of sp³-hybridized carbons (Fsp3) is 0.0556. The number of fused-ring (bicyclic) bond motifs is 1. The third kappa shape index (κ3) is 2.71. The lowest BCUT2D eigenvalue weighted by Gasteiger charge is -2.09. The number of nitriles is 1. The fourth-order valence-electron chi connectivity index (χ4n) is 2.63. The molecule has 0 bridgehead atoms. The first-order valence-electron chi connectivity index (χ1n) is 7.15. The van der Waals surface area contributed by atoms with Crippen molar-refractivity contribution >= 4 is 22.8 Å². The van der Waals surface area contributed by atoms with Crippen molar-refractivity contribution in [3.05, 3.63) is 70.9 Å². The summed E-state index contributed by atoms with van der Waals surface area (Å²) in [5.74, 6) is -1.56. The van der Waals surface area contributed by atoms with Gasteiger partial charge >= 0.3 is 5.97 Å². The number of amides is 1. The lowest BCUT2D eigenvalue weighted by atomic mass is 10.1. The Balaban J connectivity index is 2.09. The molecule has 0 saturated carbocycles. The highest BCUT2D eigenvalue weighted by Gasteiger charge is 2.15. The van der Waals surface area contributed by atoms with E-state index in [1.807, 2.05) is 0 Å². The molecule has 3 rings (SSSR count). The molecule has 0 radical (unpaired) electrons. The van der Waals surface area contributed by atoms with E-state index in [0.717, 1.165) is 10.9 Å². The molecule has 24 heavy (non-hydrogen) atoms. The van der Waals surface area contributed by atoms with Crippen molar-refractivity contribution in [2.24, 2.45) is 5.73 Å². The van der Waals surface area contributed by atoms with E-state index in [2.05, 4.69) is 6.07 Å². The Hall–Kier alpha value is -3.59. The number of carboxylic acids is 1. The number of nitrogens with two attached hydrogens (primary N) is 1. The van der Waals surface area contributed by atoms with Crippen LogP contribution in [0, 0.1) is 11.3 Å². The van der Waals surface area contributed by atoms with Gasteiger partial charge in [0.1, 0.15) is 5.69 Å². The molecule has 6 nitrogen and oxygen atoms in total. The highest BCUT2D eigenvalue weighted by atomic mass is 16.4. The minimum absolute atomic E-state index is 0.138. The predicted molar refractivity (Wildman–Crippen MR) is 87.7 cm³/mol. The van der Waals surface area contributed by atoms with Crippen molar-refractivity contribution in [1.82, 2.24) is 4.57 Å². The number of carbonyl (C=O) groups is 2. The topological polar surface area (TPSA) is 109 Å². The van der Waals surface area contributed by atoms with Gasteiger partial charge in [-0.25, -0.2) is 4.79 Å². The quantitative estimate of drug-likeness (QED) is 0.769. The van der Waals surface area contributed by atoms with Gasteiger partial charge in [-0.05, 0) is 35.9 Å². The zero-order valence-corrected chi connectivity index (χ0v) is 12.6. The molecule has 0 aliphatic carbocycles. The molecule has 3 aromatic rings. The monoisotopic (exact) mass is 319 g/mol. The van der Waals surface area contributed by atoms with Crippen LogP contribution in [0.3, 0.4) is 0 Å². The average Bonchev–Trinajstić information content (AvgIpc) is 2.93. The largest absolute Gasteiger partial charge is 0.477 e. The Bertz CT molecular complexity index is 995. The smallest absolute Gasteiger partial charge is 0.352 e. The van der Waals surface area contributed by atoms with Gasteiger partial charge < -0.3 is 15.4 Å². The molecular formula is C18H13N3O3. The SMILES string of the molecule is N#Cc1ccc2cc(C(=O)O)n(Cc3ccc(C(N)=O)cc3)c2c1. The molecule has 0 spiro atoms. The second kappa shape index (κ2) is 5.89. The first kappa shape index (κ1) is 15.3. The number of hydrogen-bond acceptors (Lipinski definition) is 3. The van der Waals surface area contributed by atoms with E-state index in [1.54, 1.807) is 53.1 Å². The van der Waals surface area contributed by atoms with Crippen molar-refractivity contribution in [2.75, 3.05) is 0 Å². The van der Waals surface area contributed by atoms with E-state index in [9.17, 15) is 14.7 Å². The summed E-state index contributed by atoms with van der Waals surface area (Å²) in [6, 6.07) is 15.3. The van der Waals surface area contributed by atoms with Crippen LogP contribution in [0.5, 0.6) is 0 Å². The van der Waals surface area contributed by atoms with Gasteiger partial charge in [0, 0.05) is 17.5 Å². The summed E-state index contributed by atoms with van der Waals surface area (Å²) in [5, 5.41) is 19.2. The van der Waals surface area contributed by atoms with E-state index >= 15 is 0 Å². The van der Waals surface area contributed by atoms with Gasteiger partial charge in [0.2, 0.25) is 5.91 Å². The molecule has 0 atom stereocenters. The maximum atomic E-state index is 11.5. The molecule has 2 aromatic carbocycles. The molecular weight excluding hydrogens is 306 g/mol. The third-order valence-corrected chi connectivity index (χ3v) is 3.83. The number of carbonyl (C=O) groups excluding carboxylic acids is 1. The summed E-state index contributed by atoms with van der Waals surface area (Å²) in [5.41, 5.74) is 7.70. The number of aromatic nitrogens is 1. The van der Waals surface area contributed by atoms with E-state index < -0.39 is 11.9 Å². The molecule has 0 saturated heterocycles. The number of carboxylic acid groups (broad SMARTS) is 1. The molecule has 0 aliphatic heterocycles. The van der Waals surface area contributed by atoms with E-state index in [4.69, 9.17) is 11.0 Å². The van der Waals surface area contributed by atoms with Crippen LogP contribution in [0.25, 0.3) is 10.9 Å². The standard InChI is InChI=1S/C18H13N3O3/c19-9-12-3-6-14-8-16(18(23)24)21(15(14)7-12)10-11-1-4-13(5-2-11)17(20)22/h1-8H,10H2,(H2,20,22)(H,23,24). The lowest BCUT2D eigenvalue weighted by molar-refractivity contribution is 0.0686. The van der Waals surface area contributed by atoms with Crippen LogP contribution < -0.4 is 5.73 Å². The molecule has 3 N–H and O–H groups in total. The van der Waals surface area contributed by atoms with Gasteiger partial charge in [-0.2, -0.15) is 5.26 Å². The summed E-state index contributed by atoms with van der Waals surface area (Å²) in [7, 11) is 0. The van der Waals surface area contributed by atoms with E-state index in [1.165, 1.54) is 0 Å².